The van der Waals surface area contributed by atoms with Crippen molar-refractivity contribution in [2.75, 3.05) is 0 Å². The van der Waals surface area contributed by atoms with Gasteiger partial charge in [0.1, 0.15) is 11.2 Å². The number of nitrogens with zero attached hydrogens (tertiary/aromatic N) is 2. The lowest BCUT2D eigenvalue weighted by Gasteiger charge is -2.28. The van der Waals surface area contributed by atoms with Crippen LogP contribution < -0.4 is 0 Å². The normalized spacial score (nSPS) is 14.5. The minimum atomic E-state index is -0.314. The molecule has 11 rings (SSSR count). The molecule has 0 saturated heterocycles. The lowest BCUT2D eigenvalue weighted by molar-refractivity contribution is 0.670. The van der Waals surface area contributed by atoms with Crippen molar-refractivity contribution in [1.29, 1.82) is 0 Å². The van der Waals surface area contributed by atoms with Crippen LogP contribution in [0.15, 0.2) is 205 Å². The minimum Gasteiger partial charge on any atom is -0.455 e. The van der Waals surface area contributed by atoms with E-state index in [1.807, 2.05) is 30.3 Å². The third-order valence-electron chi connectivity index (χ3n) is 11.8. The van der Waals surface area contributed by atoms with E-state index in [1.54, 1.807) is 0 Å². The van der Waals surface area contributed by atoms with Crippen LogP contribution in [0.3, 0.4) is 0 Å². The van der Waals surface area contributed by atoms with E-state index in [9.17, 15) is 0 Å². The maximum absolute atomic E-state index is 6.45. The zero-order chi connectivity index (χ0) is 37.9. The second-order valence-corrected chi connectivity index (χ2v) is 15.0. The molecule has 0 saturated carbocycles. The van der Waals surface area contributed by atoms with Gasteiger partial charge in [0.2, 0.25) is 0 Å². The summed E-state index contributed by atoms with van der Waals surface area (Å²) in [6, 6.07) is 71.0. The average molecular weight is 729 g/mol. The van der Waals surface area contributed by atoms with Gasteiger partial charge in [-0.25, -0.2) is 9.97 Å². The first-order valence-corrected chi connectivity index (χ1v) is 19.5. The Hall–Kier alpha value is -7.36. The van der Waals surface area contributed by atoms with Crippen LogP contribution in [0.1, 0.15) is 23.6 Å². The van der Waals surface area contributed by atoms with Crippen molar-refractivity contribution in [2.45, 2.75) is 12.3 Å². The molecule has 2 heterocycles. The Bertz CT molecular complexity index is 3140. The fourth-order valence-electron chi connectivity index (χ4n) is 8.97. The van der Waals surface area contributed by atoms with Gasteiger partial charge in [-0.05, 0) is 75.7 Å². The van der Waals surface area contributed by atoms with Crippen molar-refractivity contribution in [3.63, 3.8) is 0 Å². The Balaban J connectivity index is 1.07. The zero-order valence-corrected chi connectivity index (χ0v) is 31.4. The molecule has 0 N–H and O–H groups in total. The molecule has 10 aromatic rings. The molecule has 0 bridgehead atoms. The summed E-state index contributed by atoms with van der Waals surface area (Å²) in [7, 11) is 0. The monoisotopic (exact) mass is 728 g/mol. The molecule has 0 spiro atoms. The Morgan fingerprint density at radius 2 is 0.982 bits per heavy atom. The van der Waals surface area contributed by atoms with Gasteiger partial charge in [0, 0.05) is 38.4 Å². The largest absolute Gasteiger partial charge is 0.455 e. The summed E-state index contributed by atoms with van der Waals surface area (Å²) in [5.74, 6) is 0.692. The van der Waals surface area contributed by atoms with Gasteiger partial charge in [-0.3, -0.25) is 0 Å². The summed E-state index contributed by atoms with van der Waals surface area (Å²) in [5, 5.41) is 2.25. The van der Waals surface area contributed by atoms with Crippen LogP contribution in [0.2, 0.25) is 0 Å². The van der Waals surface area contributed by atoms with Crippen LogP contribution in [0, 0.1) is 0 Å². The summed E-state index contributed by atoms with van der Waals surface area (Å²) in [5.41, 5.74) is 17.1. The predicted octanol–water partition coefficient (Wildman–Crippen LogP) is 14.0. The van der Waals surface area contributed by atoms with E-state index in [0.717, 1.165) is 72.3 Å². The number of furan rings is 1. The van der Waals surface area contributed by atoms with E-state index >= 15 is 0 Å². The van der Waals surface area contributed by atoms with Crippen molar-refractivity contribution >= 4 is 21.9 Å². The Morgan fingerprint density at radius 1 is 0.386 bits per heavy atom. The van der Waals surface area contributed by atoms with Crippen molar-refractivity contribution in [1.82, 2.24) is 9.97 Å². The summed E-state index contributed by atoms with van der Waals surface area (Å²) in [6.45, 7) is 2.36. The molecular formula is C54H36N2O. The fraction of sp³-hybridized carbons (Fsp3) is 0.0370. The molecule has 1 unspecified atom stereocenters. The van der Waals surface area contributed by atoms with E-state index in [2.05, 4.69) is 177 Å². The highest BCUT2D eigenvalue weighted by atomic mass is 16.3. The number of aromatic nitrogens is 2. The van der Waals surface area contributed by atoms with Crippen LogP contribution in [0.25, 0.3) is 89.2 Å². The first-order valence-electron chi connectivity index (χ1n) is 19.5. The molecular weight excluding hydrogens is 693 g/mol. The van der Waals surface area contributed by atoms with Crippen molar-refractivity contribution < 1.29 is 4.42 Å². The zero-order valence-electron chi connectivity index (χ0n) is 31.4. The third kappa shape index (κ3) is 5.35. The molecule has 1 atom stereocenters. The summed E-state index contributed by atoms with van der Waals surface area (Å²) >= 11 is 0. The van der Waals surface area contributed by atoms with Crippen LogP contribution >= 0.6 is 0 Å². The quantitative estimate of drug-likeness (QED) is 0.171. The Kier molecular flexibility index (Phi) is 7.61. The average Bonchev–Trinajstić information content (AvgIpc) is 3.80. The number of para-hydroxylation sites is 2. The molecule has 1 aliphatic rings. The molecule has 268 valence electrons. The number of benzene rings is 8. The highest BCUT2D eigenvalue weighted by Gasteiger charge is 2.40. The topological polar surface area (TPSA) is 38.9 Å². The van der Waals surface area contributed by atoms with Gasteiger partial charge in [-0.1, -0.05) is 176 Å². The van der Waals surface area contributed by atoms with Crippen molar-refractivity contribution in [3.05, 3.63) is 217 Å². The summed E-state index contributed by atoms with van der Waals surface area (Å²) in [6.07, 6.45) is 0. The smallest absolute Gasteiger partial charge is 0.160 e. The van der Waals surface area contributed by atoms with Gasteiger partial charge in [-0.2, -0.15) is 0 Å². The molecule has 0 fully saturated rings. The molecule has 2 aromatic heterocycles. The van der Waals surface area contributed by atoms with Gasteiger partial charge in [0.15, 0.2) is 5.82 Å². The molecule has 3 heteroatoms. The maximum Gasteiger partial charge on any atom is 0.160 e. The summed E-state index contributed by atoms with van der Waals surface area (Å²) in [4.78, 5) is 10.6. The van der Waals surface area contributed by atoms with Crippen molar-refractivity contribution in [2.24, 2.45) is 0 Å². The van der Waals surface area contributed by atoms with Gasteiger partial charge < -0.3 is 4.42 Å². The molecule has 3 nitrogen and oxygen atoms in total. The van der Waals surface area contributed by atoms with Crippen LogP contribution in [-0.4, -0.2) is 9.97 Å². The number of fused-ring (bicyclic) bond motifs is 6. The fourth-order valence-corrected chi connectivity index (χ4v) is 8.97. The highest BCUT2D eigenvalue weighted by Crippen LogP contribution is 2.53. The first-order chi connectivity index (χ1) is 28.1. The standard InChI is InChI=1S/C54H36N2O/c1-54(39-20-6-3-7-21-39)47-28-12-10-23-42(47)43-31-30-38(33-48(43)54)49-34-50(56-53(55-49)35-16-4-2-5-17-35)44-24-9-8-22-40(44)36-18-14-19-37(32-36)41-26-15-27-46-45-25-11-13-29-51(45)57-52(41)46/h2-34H,1H3. The van der Waals surface area contributed by atoms with Crippen LogP contribution in [0.4, 0.5) is 0 Å². The number of rotatable bonds is 6. The second-order valence-electron chi connectivity index (χ2n) is 15.0. The van der Waals surface area contributed by atoms with E-state index in [1.165, 1.54) is 27.8 Å². The molecule has 0 radical (unpaired) electrons. The van der Waals surface area contributed by atoms with Gasteiger partial charge >= 0.3 is 0 Å². The first kappa shape index (κ1) is 33.0. The highest BCUT2D eigenvalue weighted by molar-refractivity contribution is 6.09. The lowest BCUT2D eigenvalue weighted by Crippen LogP contribution is -2.22. The van der Waals surface area contributed by atoms with Gasteiger partial charge in [0.05, 0.1) is 11.4 Å². The number of hydrogen-bond donors (Lipinski definition) is 0. The Morgan fingerprint density at radius 3 is 1.82 bits per heavy atom. The third-order valence-corrected chi connectivity index (χ3v) is 11.8. The minimum absolute atomic E-state index is 0.314. The second kappa shape index (κ2) is 13.1. The molecule has 1 aliphatic carbocycles. The van der Waals surface area contributed by atoms with Gasteiger partial charge in [0.25, 0.3) is 0 Å². The molecule has 57 heavy (non-hydrogen) atoms. The van der Waals surface area contributed by atoms with Crippen LogP contribution in [-0.2, 0) is 5.41 Å². The maximum atomic E-state index is 6.45. The van der Waals surface area contributed by atoms with Crippen molar-refractivity contribution in [3.8, 4) is 67.3 Å². The predicted molar refractivity (Wildman–Crippen MR) is 234 cm³/mol. The number of hydrogen-bond acceptors (Lipinski definition) is 3. The van der Waals surface area contributed by atoms with E-state index < -0.39 is 0 Å². The van der Waals surface area contributed by atoms with Crippen LogP contribution in [0.5, 0.6) is 0 Å². The van der Waals surface area contributed by atoms with Gasteiger partial charge in [-0.15, -0.1) is 0 Å². The Labute approximate surface area is 331 Å². The molecule has 8 aromatic carbocycles. The van der Waals surface area contributed by atoms with E-state index in [-0.39, 0.29) is 5.41 Å². The lowest BCUT2D eigenvalue weighted by atomic mass is 9.74. The summed E-state index contributed by atoms with van der Waals surface area (Å²) < 4.78 is 6.45. The SMILES string of the molecule is CC1(c2ccccc2)c2ccccc2-c2ccc(-c3cc(-c4ccccc4-c4cccc(-c5cccc6c5oc5ccccc56)c4)nc(-c4ccccc4)n3)cc21. The molecule has 0 amide bonds. The van der Waals surface area contributed by atoms with E-state index in [0.29, 0.717) is 5.82 Å². The molecule has 0 aliphatic heterocycles. The van der Waals surface area contributed by atoms with E-state index in [4.69, 9.17) is 14.4 Å².